The van der Waals surface area contributed by atoms with Crippen LogP contribution >= 0.6 is 11.8 Å². The van der Waals surface area contributed by atoms with Gasteiger partial charge in [0.05, 0.1) is 0 Å². The SMILES string of the molecule is CCCNC(CCSC)c1ccccc1OC(F)(F)F. The van der Waals surface area contributed by atoms with Crippen molar-refractivity contribution in [3.63, 3.8) is 0 Å². The molecule has 0 fully saturated rings. The van der Waals surface area contributed by atoms with E-state index in [-0.39, 0.29) is 11.8 Å². The average Bonchev–Trinajstić information content (AvgIpc) is 2.38. The lowest BCUT2D eigenvalue weighted by Crippen LogP contribution is -2.25. The Morgan fingerprint density at radius 1 is 1.30 bits per heavy atom. The van der Waals surface area contributed by atoms with Crippen LogP contribution in [0.4, 0.5) is 13.2 Å². The van der Waals surface area contributed by atoms with Crippen LogP contribution in [0.3, 0.4) is 0 Å². The zero-order valence-corrected chi connectivity index (χ0v) is 12.5. The van der Waals surface area contributed by atoms with E-state index in [0.29, 0.717) is 5.56 Å². The summed E-state index contributed by atoms with van der Waals surface area (Å²) >= 11 is 1.67. The average molecular weight is 307 g/mol. The minimum atomic E-state index is -4.66. The van der Waals surface area contributed by atoms with Crippen molar-refractivity contribution < 1.29 is 17.9 Å². The summed E-state index contributed by atoms with van der Waals surface area (Å²) < 4.78 is 41.5. The van der Waals surface area contributed by atoms with Crippen molar-refractivity contribution in [3.8, 4) is 5.75 Å². The zero-order chi connectivity index (χ0) is 15.0. The van der Waals surface area contributed by atoms with Gasteiger partial charge < -0.3 is 10.1 Å². The number of halogens is 3. The van der Waals surface area contributed by atoms with Gasteiger partial charge in [-0.2, -0.15) is 11.8 Å². The second-order valence-corrected chi connectivity index (χ2v) is 5.36. The van der Waals surface area contributed by atoms with Crippen molar-refractivity contribution in [3.05, 3.63) is 29.8 Å². The molecule has 20 heavy (non-hydrogen) atoms. The van der Waals surface area contributed by atoms with Gasteiger partial charge in [0.1, 0.15) is 5.75 Å². The smallest absolute Gasteiger partial charge is 0.405 e. The molecule has 1 aromatic rings. The summed E-state index contributed by atoms with van der Waals surface area (Å²) in [5.74, 6) is 0.761. The second kappa shape index (κ2) is 8.42. The minimum Gasteiger partial charge on any atom is -0.405 e. The van der Waals surface area contributed by atoms with Crippen molar-refractivity contribution in [2.24, 2.45) is 0 Å². The number of ether oxygens (including phenoxy) is 1. The molecule has 1 aromatic carbocycles. The lowest BCUT2D eigenvalue weighted by molar-refractivity contribution is -0.275. The van der Waals surface area contributed by atoms with Gasteiger partial charge in [0.2, 0.25) is 0 Å². The Labute approximate surface area is 122 Å². The maximum Gasteiger partial charge on any atom is 0.573 e. The number of rotatable bonds is 8. The zero-order valence-electron chi connectivity index (χ0n) is 11.7. The molecule has 0 aromatic heterocycles. The highest BCUT2D eigenvalue weighted by Gasteiger charge is 2.32. The molecule has 1 unspecified atom stereocenters. The molecule has 0 aliphatic rings. The van der Waals surface area contributed by atoms with Crippen molar-refractivity contribution in [1.82, 2.24) is 5.32 Å². The van der Waals surface area contributed by atoms with Gasteiger partial charge in [0, 0.05) is 11.6 Å². The van der Waals surface area contributed by atoms with Crippen LogP contribution in [-0.4, -0.2) is 24.9 Å². The van der Waals surface area contributed by atoms with E-state index in [4.69, 9.17) is 0 Å². The molecule has 0 saturated heterocycles. The van der Waals surface area contributed by atoms with Gasteiger partial charge in [-0.25, -0.2) is 0 Å². The highest BCUT2D eigenvalue weighted by molar-refractivity contribution is 7.98. The standard InChI is InChI=1S/C14H20F3NOS/c1-3-9-18-12(8-10-20-2)11-6-4-5-7-13(11)19-14(15,16)17/h4-7,12,18H,3,8-10H2,1-2H3. The van der Waals surface area contributed by atoms with E-state index >= 15 is 0 Å². The van der Waals surface area contributed by atoms with Crippen LogP contribution in [0.5, 0.6) is 5.75 Å². The Kier molecular flexibility index (Phi) is 7.23. The first kappa shape index (κ1) is 17.2. The van der Waals surface area contributed by atoms with E-state index in [1.165, 1.54) is 6.07 Å². The van der Waals surface area contributed by atoms with E-state index in [0.717, 1.165) is 25.1 Å². The molecule has 1 rings (SSSR count). The maximum atomic E-state index is 12.4. The van der Waals surface area contributed by atoms with Gasteiger partial charge in [0.15, 0.2) is 0 Å². The topological polar surface area (TPSA) is 21.3 Å². The first-order valence-electron chi connectivity index (χ1n) is 6.55. The monoisotopic (exact) mass is 307 g/mol. The Hall–Kier alpha value is -0.880. The lowest BCUT2D eigenvalue weighted by Gasteiger charge is -2.22. The van der Waals surface area contributed by atoms with E-state index < -0.39 is 6.36 Å². The first-order valence-corrected chi connectivity index (χ1v) is 7.94. The number of hydrogen-bond acceptors (Lipinski definition) is 3. The molecule has 114 valence electrons. The molecule has 0 aliphatic heterocycles. The van der Waals surface area contributed by atoms with E-state index in [9.17, 15) is 13.2 Å². The molecule has 6 heteroatoms. The number of hydrogen-bond donors (Lipinski definition) is 1. The summed E-state index contributed by atoms with van der Waals surface area (Å²) in [6.07, 6.45) is -0.989. The van der Waals surface area contributed by atoms with Crippen LogP contribution in [0, 0.1) is 0 Å². The number of nitrogens with one attached hydrogen (secondary N) is 1. The molecule has 0 amide bonds. The summed E-state index contributed by atoms with van der Waals surface area (Å²) in [6, 6.07) is 6.21. The van der Waals surface area contributed by atoms with Crippen molar-refractivity contribution >= 4 is 11.8 Å². The third kappa shape index (κ3) is 6.05. The fourth-order valence-corrected chi connectivity index (χ4v) is 2.38. The van der Waals surface area contributed by atoms with E-state index in [1.54, 1.807) is 30.0 Å². The molecule has 0 spiro atoms. The number of alkyl halides is 3. The Balaban J connectivity index is 2.92. The normalized spacial score (nSPS) is 13.2. The Morgan fingerprint density at radius 2 is 2.00 bits per heavy atom. The van der Waals surface area contributed by atoms with Gasteiger partial charge in [-0.1, -0.05) is 25.1 Å². The molecule has 1 N–H and O–H groups in total. The fraction of sp³-hybridized carbons (Fsp3) is 0.571. The predicted octanol–water partition coefficient (Wildman–Crippen LogP) is 4.38. The van der Waals surface area contributed by atoms with Gasteiger partial charge in [-0.05, 0) is 37.5 Å². The molecule has 0 aliphatic carbocycles. The highest BCUT2D eigenvalue weighted by atomic mass is 32.2. The lowest BCUT2D eigenvalue weighted by atomic mass is 10.0. The summed E-state index contributed by atoms with van der Waals surface area (Å²) in [7, 11) is 0. The number of benzene rings is 1. The van der Waals surface area contributed by atoms with Crippen LogP contribution in [0.25, 0.3) is 0 Å². The molecule has 0 saturated carbocycles. The van der Waals surface area contributed by atoms with Crippen LogP contribution in [0.15, 0.2) is 24.3 Å². The summed E-state index contributed by atoms with van der Waals surface area (Å²) in [4.78, 5) is 0. The van der Waals surface area contributed by atoms with Crippen molar-refractivity contribution in [1.29, 1.82) is 0 Å². The number of para-hydroxylation sites is 1. The summed E-state index contributed by atoms with van der Waals surface area (Å²) in [5, 5.41) is 3.29. The highest BCUT2D eigenvalue weighted by Crippen LogP contribution is 2.32. The van der Waals surface area contributed by atoms with Gasteiger partial charge in [-0.3, -0.25) is 0 Å². The summed E-state index contributed by atoms with van der Waals surface area (Å²) in [6.45, 7) is 2.79. The molecule has 1 atom stereocenters. The third-order valence-corrected chi connectivity index (χ3v) is 3.42. The Bertz CT molecular complexity index is 390. The molecular formula is C14H20F3NOS. The Morgan fingerprint density at radius 3 is 2.60 bits per heavy atom. The molecule has 2 nitrogen and oxygen atoms in total. The first-order chi connectivity index (χ1) is 9.48. The van der Waals surface area contributed by atoms with E-state index in [1.807, 2.05) is 13.2 Å². The number of thioether (sulfide) groups is 1. The van der Waals surface area contributed by atoms with Gasteiger partial charge in [-0.15, -0.1) is 13.2 Å². The molecule has 0 bridgehead atoms. The maximum absolute atomic E-state index is 12.4. The minimum absolute atomic E-state index is 0.116. The van der Waals surface area contributed by atoms with Crippen molar-refractivity contribution in [2.75, 3.05) is 18.6 Å². The van der Waals surface area contributed by atoms with Crippen LogP contribution in [-0.2, 0) is 0 Å². The van der Waals surface area contributed by atoms with Crippen LogP contribution in [0.1, 0.15) is 31.4 Å². The van der Waals surface area contributed by atoms with Gasteiger partial charge in [0.25, 0.3) is 0 Å². The quantitative estimate of drug-likeness (QED) is 0.770. The molecular weight excluding hydrogens is 287 g/mol. The summed E-state index contributed by atoms with van der Waals surface area (Å²) in [5.41, 5.74) is 0.562. The van der Waals surface area contributed by atoms with Crippen LogP contribution in [0.2, 0.25) is 0 Å². The second-order valence-electron chi connectivity index (χ2n) is 4.37. The molecule has 0 heterocycles. The predicted molar refractivity (Wildman–Crippen MR) is 77.2 cm³/mol. The largest absolute Gasteiger partial charge is 0.573 e. The fourth-order valence-electron chi connectivity index (χ4n) is 1.91. The van der Waals surface area contributed by atoms with E-state index in [2.05, 4.69) is 10.1 Å². The third-order valence-electron chi connectivity index (χ3n) is 2.77. The van der Waals surface area contributed by atoms with Crippen LogP contribution < -0.4 is 10.1 Å². The molecule has 0 radical (unpaired) electrons. The van der Waals surface area contributed by atoms with Gasteiger partial charge >= 0.3 is 6.36 Å². The van der Waals surface area contributed by atoms with Crippen molar-refractivity contribution in [2.45, 2.75) is 32.2 Å².